The zero-order valence-corrected chi connectivity index (χ0v) is 29.3. The maximum absolute atomic E-state index is 8.50. The van der Waals surface area contributed by atoms with Crippen LogP contribution in [0.1, 0.15) is 25.7 Å². The van der Waals surface area contributed by atoms with E-state index >= 15 is 0 Å². The van der Waals surface area contributed by atoms with E-state index in [2.05, 4.69) is 47.0 Å². The molecule has 4 heterocycles. The Balaban J connectivity index is 0.000000249. The molecular weight excluding hydrogens is 745 g/mol. The van der Waals surface area contributed by atoms with Crippen molar-refractivity contribution < 1.29 is 25.3 Å². The molecule has 0 atom stereocenters. The van der Waals surface area contributed by atoms with Crippen LogP contribution in [0.2, 0.25) is 0 Å². The third-order valence-corrected chi connectivity index (χ3v) is 6.64. The molecule has 23 heteroatoms. The summed E-state index contributed by atoms with van der Waals surface area (Å²) in [6, 6.07) is 0. The second-order valence-electron chi connectivity index (χ2n) is 7.86. The first kappa shape index (κ1) is 35.9. The number of thiocarbonyl (C=S) groups is 4. The van der Waals surface area contributed by atoms with Crippen LogP contribution in [0, 0.1) is 0 Å². The van der Waals surface area contributed by atoms with Gasteiger partial charge in [-0.2, -0.15) is 10.2 Å². The van der Waals surface area contributed by atoms with E-state index in [9.17, 15) is 0 Å². The molecule has 4 saturated heterocycles. The molecule has 0 unspecified atom stereocenters. The molecule has 4 aliphatic rings. The summed E-state index contributed by atoms with van der Waals surface area (Å²) in [5.74, 6) is 0. The van der Waals surface area contributed by atoms with Gasteiger partial charge in [0, 0.05) is 52.4 Å². The van der Waals surface area contributed by atoms with Gasteiger partial charge < -0.3 is 49.7 Å². The summed E-state index contributed by atoms with van der Waals surface area (Å²) in [6.07, 6.45) is 4.15. The Morgan fingerprint density at radius 1 is 0.590 bits per heavy atom. The van der Waals surface area contributed by atoms with E-state index in [1.807, 2.05) is 20.5 Å². The van der Waals surface area contributed by atoms with Crippen molar-refractivity contribution in [3.8, 4) is 0 Å². The number of nitrogens with one attached hydrogen (secondary N) is 4. The molecule has 220 valence electrons. The molecule has 4 aliphatic heterocycles. The molecule has 39 heavy (non-hydrogen) atoms. The molecule has 0 aromatic heterocycles. The van der Waals surface area contributed by atoms with Crippen LogP contribution >= 0.6 is 74.1 Å². The summed E-state index contributed by atoms with van der Waals surface area (Å²) in [7, 11) is 0. The van der Waals surface area contributed by atoms with Gasteiger partial charge in [-0.25, -0.2) is 31.9 Å². The van der Waals surface area contributed by atoms with E-state index in [0.29, 0.717) is 17.3 Å². The van der Waals surface area contributed by atoms with Gasteiger partial charge in [0.25, 0.3) is 0 Å². The van der Waals surface area contributed by atoms with Crippen LogP contribution in [0.3, 0.4) is 0 Å². The van der Waals surface area contributed by atoms with E-state index in [1.165, 1.54) is 0 Å². The molecule has 0 radical (unpaired) electrons. The molecule has 0 bridgehead atoms. The molecule has 0 aliphatic carbocycles. The fourth-order valence-corrected chi connectivity index (χ4v) is 5.28. The molecule has 0 aromatic rings. The van der Waals surface area contributed by atoms with Gasteiger partial charge >= 0.3 is 25.3 Å². The number of hydrogen-bond acceptors (Lipinski definition) is 16. The van der Waals surface area contributed by atoms with E-state index < -0.39 is 18.5 Å². The summed E-state index contributed by atoms with van der Waals surface area (Å²) in [4.78, 5) is 0. The molecular formula is C16H30MoN12O2S8. The van der Waals surface area contributed by atoms with Crippen LogP contribution in [0.25, 0.3) is 0 Å². The Bertz CT molecular complexity index is 753. The quantitative estimate of drug-likeness (QED) is 0.0717. The average molecular weight is 775 g/mol. The van der Waals surface area contributed by atoms with Crippen molar-refractivity contribution in [1.82, 2.24) is 62.6 Å². The second kappa shape index (κ2) is 19.0. The van der Waals surface area contributed by atoms with Crippen LogP contribution in [-0.2, 0) is 50.5 Å². The van der Waals surface area contributed by atoms with Gasteiger partial charge in [0.15, 0.2) is 8.64 Å². The summed E-state index contributed by atoms with van der Waals surface area (Å²) in [6.45, 7) is 6.93. The molecule has 14 nitrogen and oxygen atoms in total. The first-order chi connectivity index (χ1) is 18.6. The summed E-state index contributed by atoms with van der Waals surface area (Å²) < 4.78 is 18.4. The van der Waals surface area contributed by atoms with Crippen molar-refractivity contribution in [3.63, 3.8) is 0 Å². The van der Waals surface area contributed by atoms with Crippen molar-refractivity contribution in [3.05, 3.63) is 0 Å². The van der Waals surface area contributed by atoms with Crippen molar-refractivity contribution in [2.24, 2.45) is 0 Å². The Labute approximate surface area is 280 Å². The molecule has 0 aromatic carbocycles. The van der Waals surface area contributed by atoms with E-state index in [0.717, 1.165) is 78.0 Å². The maximum atomic E-state index is 8.50. The van der Waals surface area contributed by atoms with Gasteiger partial charge in [0.2, 0.25) is 0 Å². The van der Waals surface area contributed by atoms with Gasteiger partial charge in [-0.3, -0.25) is 0 Å². The van der Waals surface area contributed by atoms with Gasteiger partial charge in [0.05, 0.1) is 0 Å². The van der Waals surface area contributed by atoms with Crippen LogP contribution in [0.15, 0.2) is 0 Å². The van der Waals surface area contributed by atoms with Crippen LogP contribution in [0.5, 0.6) is 0 Å². The summed E-state index contributed by atoms with van der Waals surface area (Å²) in [5, 5.41) is 14.2. The topological polar surface area (TPSA) is 108 Å². The molecule has 0 saturated carbocycles. The van der Waals surface area contributed by atoms with Crippen LogP contribution < -0.4 is 21.7 Å². The van der Waals surface area contributed by atoms with Gasteiger partial charge in [-0.05, 0) is 58.8 Å². The Hall–Kier alpha value is 0.668. The van der Waals surface area contributed by atoms with E-state index in [-0.39, 0.29) is 0 Å². The Morgan fingerprint density at radius 2 is 0.821 bits per heavy atom. The summed E-state index contributed by atoms with van der Waals surface area (Å²) in [5.41, 5.74) is 12.9. The number of rotatable bonds is 4. The van der Waals surface area contributed by atoms with E-state index in [1.54, 1.807) is 20.5 Å². The first-order valence-electron chi connectivity index (χ1n) is 11.7. The van der Waals surface area contributed by atoms with Crippen LogP contribution in [0.4, 0.5) is 0 Å². The fraction of sp³-hybridized carbons (Fsp3) is 0.750. The summed E-state index contributed by atoms with van der Waals surface area (Å²) >= 11 is 37.5. The van der Waals surface area contributed by atoms with E-state index in [4.69, 9.17) is 80.9 Å². The molecule has 4 rings (SSSR count). The Kier molecular flexibility index (Phi) is 17.5. The van der Waals surface area contributed by atoms with Gasteiger partial charge in [-0.1, -0.05) is 0 Å². The third-order valence-electron chi connectivity index (χ3n) is 5.31. The zero-order valence-electron chi connectivity index (χ0n) is 20.6. The minimum absolute atomic E-state index is 0.300. The molecule has 4 fully saturated rings. The molecule has 0 amide bonds. The predicted molar refractivity (Wildman–Crippen MR) is 169 cm³/mol. The normalized spacial score (nSPS) is 19.7. The third kappa shape index (κ3) is 11.0. The van der Waals surface area contributed by atoms with Gasteiger partial charge in [-0.15, -0.1) is 45.7 Å². The van der Waals surface area contributed by atoms with Crippen molar-refractivity contribution in [1.29, 1.82) is 0 Å². The van der Waals surface area contributed by atoms with Crippen molar-refractivity contribution in [2.75, 3.05) is 52.4 Å². The molecule has 4 N–H and O–H groups in total. The minimum atomic E-state index is -2.03. The monoisotopic (exact) mass is 776 g/mol. The van der Waals surface area contributed by atoms with Crippen molar-refractivity contribution in [2.45, 2.75) is 25.7 Å². The first-order valence-corrected chi connectivity index (χ1v) is 16.7. The predicted octanol–water partition coefficient (Wildman–Crippen LogP) is -0.635. The standard InChI is InChI=1S/2C8H16N6S4.Mo.2O/c2*15-7(16)13(11-5-1-3-9-11)14(8(17)18)12-6-2-4-10-12;;;/h2*9-10H,1-6H2,(H,15,16)(H,17,18);;;/q;;+2;;/p-2. The number of hydrogen-bond donors (Lipinski definition) is 6. The number of thiol groups is 2. The SMILES string of the molecule is S=C([S-])N(N1CCCN1)N(C(=S)S)N1CCCN1.S=C([S-])N(N1CCCN1)N(C(=S)S)N1CCCN1.[O]=[Mo+2]=[O]. The second-order valence-corrected chi connectivity index (χ2v) is 12.5. The molecule has 0 spiro atoms. The fourth-order valence-electron chi connectivity index (χ4n) is 3.84. The Morgan fingerprint density at radius 3 is 0.974 bits per heavy atom. The number of hydrazine groups is 10. The van der Waals surface area contributed by atoms with Crippen molar-refractivity contribution >= 4 is 117 Å². The van der Waals surface area contributed by atoms with Gasteiger partial charge in [0.1, 0.15) is 0 Å². The number of nitrogens with zero attached hydrogens (tertiary/aromatic N) is 8. The van der Waals surface area contributed by atoms with Crippen LogP contribution in [-0.4, -0.2) is 111 Å². The average Bonchev–Trinajstić information content (AvgIpc) is 3.70. The zero-order chi connectivity index (χ0) is 28.9.